The van der Waals surface area contributed by atoms with Crippen LogP contribution in [0.1, 0.15) is 18.1 Å². The minimum Gasteiger partial charge on any atom is -0.483 e. The Hall–Kier alpha value is -2.61. The van der Waals surface area contributed by atoms with Gasteiger partial charge in [-0.2, -0.15) is 0 Å². The van der Waals surface area contributed by atoms with Crippen molar-refractivity contribution in [3.05, 3.63) is 29.3 Å². The van der Waals surface area contributed by atoms with Crippen molar-refractivity contribution in [1.29, 1.82) is 0 Å². The molecular formula is C19H26N2O6. The lowest BCUT2D eigenvalue weighted by atomic mass is 10.1. The van der Waals surface area contributed by atoms with Gasteiger partial charge in [0.15, 0.2) is 6.61 Å². The first-order chi connectivity index (χ1) is 12.8. The molecule has 27 heavy (non-hydrogen) atoms. The molecule has 0 aromatic heterocycles. The van der Waals surface area contributed by atoms with E-state index in [2.05, 4.69) is 0 Å². The number of carboxylic acids is 1. The van der Waals surface area contributed by atoms with E-state index in [0.29, 0.717) is 25.4 Å². The van der Waals surface area contributed by atoms with Crippen molar-refractivity contribution in [2.75, 3.05) is 39.4 Å². The second-order valence-corrected chi connectivity index (χ2v) is 6.68. The standard InChI is InChI=1S/C19H26N2O6/c1-13-4-5-14(2)17(8-13)27-12-18(23)20-6-7-26-16(9-20)10-21(15(3)22)11-19(24)25/h4-5,8,16H,6-7,9-12H2,1-3H3,(H,24,25). The van der Waals surface area contributed by atoms with Gasteiger partial charge in [-0.15, -0.1) is 0 Å². The molecule has 1 aliphatic heterocycles. The first-order valence-electron chi connectivity index (χ1n) is 8.83. The lowest BCUT2D eigenvalue weighted by molar-refractivity contribution is -0.148. The zero-order valence-corrected chi connectivity index (χ0v) is 15.9. The molecule has 0 spiro atoms. The molecule has 1 heterocycles. The summed E-state index contributed by atoms with van der Waals surface area (Å²) in [7, 11) is 0. The lowest BCUT2D eigenvalue weighted by Gasteiger charge is -2.35. The van der Waals surface area contributed by atoms with Gasteiger partial charge in [0.25, 0.3) is 5.91 Å². The Kier molecular flexibility index (Phi) is 7.18. The molecule has 8 nitrogen and oxygen atoms in total. The minimum atomic E-state index is -1.09. The summed E-state index contributed by atoms with van der Waals surface area (Å²) in [5.41, 5.74) is 2.01. The second-order valence-electron chi connectivity index (χ2n) is 6.68. The molecule has 1 atom stereocenters. The Balaban J connectivity index is 1.90. The van der Waals surface area contributed by atoms with Crippen LogP contribution < -0.4 is 4.74 Å². The highest BCUT2D eigenvalue weighted by Gasteiger charge is 2.27. The van der Waals surface area contributed by atoms with Crippen molar-refractivity contribution in [1.82, 2.24) is 9.80 Å². The van der Waals surface area contributed by atoms with E-state index in [4.69, 9.17) is 14.6 Å². The number of carbonyl (C=O) groups excluding carboxylic acids is 2. The van der Waals surface area contributed by atoms with E-state index in [1.54, 1.807) is 4.90 Å². The average molecular weight is 378 g/mol. The van der Waals surface area contributed by atoms with Crippen LogP contribution in [0, 0.1) is 13.8 Å². The zero-order chi connectivity index (χ0) is 20.0. The van der Waals surface area contributed by atoms with Gasteiger partial charge in [-0.1, -0.05) is 12.1 Å². The molecule has 1 aromatic rings. The number of ether oxygens (including phenoxy) is 2. The van der Waals surface area contributed by atoms with E-state index < -0.39 is 12.1 Å². The van der Waals surface area contributed by atoms with Gasteiger partial charge in [0.2, 0.25) is 5.91 Å². The first-order valence-corrected chi connectivity index (χ1v) is 8.83. The van der Waals surface area contributed by atoms with Crippen LogP contribution in [-0.4, -0.2) is 78.2 Å². The number of morpholine rings is 1. The highest BCUT2D eigenvalue weighted by molar-refractivity contribution is 5.80. The van der Waals surface area contributed by atoms with Gasteiger partial charge in [0, 0.05) is 26.6 Å². The molecule has 1 fully saturated rings. The van der Waals surface area contributed by atoms with Crippen LogP contribution in [-0.2, 0) is 19.1 Å². The van der Waals surface area contributed by atoms with E-state index >= 15 is 0 Å². The second kappa shape index (κ2) is 9.36. The van der Waals surface area contributed by atoms with E-state index in [1.165, 1.54) is 11.8 Å². The molecule has 2 rings (SSSR count). The van der Waals surface area contributed by atoms with Crippen LogP contribution in [0.15, 0.2) is 18.2 Å². The molecule has 1 saturated heterocycles. The Labute approximate surface area is 158 Å². The molecule has 1 aromatic carbocycles. The van der Waals surface area contributed by atoms with Crippen LogP contribution in [0.25, 0.3) is 0 Å². The predicted molar refractivity (Wildman–Crippen MR) is 97.6 cm³/mol. The van der Waals surface area contributed by atoms with E-state index in [-0.39, 0.29) is 31.5 Å². The van der Waals surface area contributed by atoms with Gasteiger partial charge in [0.1, 0.15) is 12.3 Å². The van der Waals surface area contributed by atoms with Gasteiger partial charge in [-0.05, 0) is 31.0 Å². The number of carboxylic acid groups (broad SMARTS) is 1. The number of rotatable bonds is 7. The van der Waals surface area contributed by atoms with Crippen LogP contribution in [0.5, 0.6) is 5.75 Å². The van der Waals surface area contributed by atoms with Crippen molar-refractivity contribution in [3.8, 4) is 5.75 Å². The number of hydrogen-bond donors (Lipinski definition) is 1. The number of nitrogens with zero attached hydrogens (tertiary/aromatic N) is 2. The molecule has 0 aliphatic carbocycles. The number of carbonyl (C=O) groups is 3. The molecule has 1 unspecified atom stereocenters. The van der Waals surface area contributed by atoms with Gasteiger partial charge < -0.3 is 24.4 Å². The number of hydrogen-bond acceptors (Lipinski definition) is 5. The topological polar surface area (TPSA) is 96.4 Å². The smallest absolute Gasteiger partial charge is 0.323 e. The highest BCUT2D eigenvalue weighted by Crippen LogP contribution is 2.19. The first kappa shape index (κ1) is 20.7. The summed E-state index contributed by atoms with van der Waals surface area (Å²) in [5, 5.41) is 8.91. The van der Waals surface area contributed by atoms with E-state index in [0.717, 1.165) is 11.1 Å². The van der Waals surface area contributed by atoms with Crippen LogP contribution in [0.2, 0.25) is 0 Å². The Bertz CT molecular complexity index is 705. The number of aryl methyl sites for hydroxylation is 2. The van der Waals surface area contributed by atoms with Crippen molar-refractivity contribution in [3.63, 3.8) is 0 Å². The lowest BCUT2D eigenvalue weighted by Crippen LogP contribution is -2.52. The van der Waals surface area contributed by atoms with Gasteiger partial charge in [-0.3, -0.25) is 14.4 Å². The van der Waals surface area contributed by atoms with Crippen molar-refractivity contribution < 1.29 is 29.0 Å². The highest BCUT2D eigenvalue weighted by atomic mass is 16.5. The van der Waals surface area contributed by atoms with Crippen LogP contribution in [0.4, 0.5) is 0 Å². The molecule has 0 saturated carbocycles. The van der Waals surface area contributed by atoms with Gasteiger partial charge in [-0.25, -0.2) is 0 Å². The Morgan fingerprint density at radius 2 is 2.07 bits per heavy atom. The maximum absolute atomic E-state index is 12.5. The molecule has 0 bridgehead atoms. The zero-order valence-electron chi connectivity index (χ0n) is 15.9. The van der Waals surface area contributed by atoms with Gasteiger partial charge in [0.05, 0.1) is 12.7 Å². The quantitative estimate of drug-likeness (QED) is 0.755. The van der Waals surface area contributed by atoms with Crippen molar-refractivity contribution in [2.45, 2.75) is 26.9 Å². The van der Waals surface area contributed by atoms with Crippen molar-refractivity contribution >= 4 is 17.8 Å². The molecule has 148 valence electrons. The monoisotopic (exact) mass is 378 g/mol. The fourth-order valence-electron chi connectivity index (χ4n) is 2.86. The summed E-state index contributed by atoms with van der Waals surface area (Å²) in [6.07, 6.45) is -0.424. The third kappa shape index (κ3) is 6.25. The number of benzene rings is 1. The largest absolute Gasteiger partial charge is 0.483 e. The molecule has 8 heteroatoms. The minimum absolute atomic E-state index is 0.0808. The summed E-state index contributed by atoms with van der Waals surface area (Å²) >= 11 is 0. The summed E-state index contributed by atoms with van der Waals surface area (Å²) in [6, 6.07) is 5.81. The third-order valence-corrected chi connectivity index (χ3v) is 4.38. The Morgan fingerprint density at radius 1 is 1.33 bits per heavy atom. The van der Waals surface area contributed by atoms with Gasteiger partial charge >= 0.3 is 5.97 Å². The van der Waals surface area contributed by atoms with E-state index in [9.17, 15) is 14.4 Å². The number of aliphatic carboxylic acids is 1. The van der Waals surface area contributed by atoms with Crippen molar-refractivity contribution in [2.24, 2.45) is 0 Å². The average Bonchev–Trinajstić information content (AvgIpc) is 2.61. The fraction of sp³-hybridized carbons (Fsp3) is 0.526. The maximum atomic E-state index is 12.5. The maximum Gasteiger partial charge on any atom is 0.323 e. The molecule has 1 aliphatic rings. The summed E-state index contributed by atoms with van der Waals surface area (Å²) in [5.74, 6) is -0.923. The Morgan fingerprint density at radius 3 is 2.74 bits per heavy atom. The molecular weight excluding hydrogens is 352 g/mol. The normalized spacial score (nSPS) is 16.7. The summed E-state index contributed by atoms with van der Waals surface area (Å²) in [4.78, 5) is 37.8. The number of amides is 2. The summed E-state index contributed by atoms with van der Waals surface area (Å²) in [6.45, 7) is 5.90. The fourth-order valence-corrected chi connectivity index (χ4v) is 2.86. The molecule has 2 amide bonds. The third-order valence-electron chi connectivity index (χ3n) is 4.38. The van der Waals surface area contributed by atoms with Crippen LogP contribution >= 0.6 is 0 Å². The predicted octanol–water partition coefficient (Wildman–Crippen LogP) is 0.843. The molecule has 0 radical (unpaired) electrons. The SMILES string of the molecule is CC(=O)N(CC(=O)O)CC1CN(C(=O)COc2cc(C)ccc2C)CCO1. The van der Waals surface area contributed by atoms with E-state index in [1.807, 2.05) is 32.0 Å². The summed E-state index contributed by atoms with van der Waals surface area (Å²) < 4.78 is 11.3. The van der Waals surface area contributed by atoms with Crippen LogP contribution in [0.3, 0.4) is 0 Å². The molecule has 1 N–H and O–H groups in total.